The number of rotatable bonds is 4. The lowest BCUT2D eigenvalue weighted by Crippen LogP contribution is -2.47. The molecule has 0 amide bonds. The quantitative estimate of drug-likeness (QED) is 0.695. The van der Waals surface area contributed by atoms with E-state index in [2.05, 4.69) is 10.3 Å². The smallest absolute Gasteiger partial charge is 0.213 e. The highest BCUT2D eigenvalue weighted by molar-refractivity contribution is 6.05. The van der Waals surface area contributed by atoms with E-state index < -0.39 is 18.1 Å². The number of aliphatic hydroxyl groups excluding tert-OH is 1. The van der Waals surface area contributed by atoms with Crippen LogP contribution < -0.4 is 15.4 Å². The van der Waals surface area contributed by atoms with Gasteiger partial charge in [-0.05, 0) is 19.1 Å². The van der Waals surface area contributed by atoms with E-state index in [1.165, 1.54) is 6.92 Å². The van der Waals surface area contributed by atoms with Crippen LogP contribution in [0.1, 0.15) is 6.92 Å². The second-order valence-corrected chi connectivity index (χ2v) is 5.27. The predicted molar refractivity (Wildman–Crippen MR) is 82.1 cm³/mol. The summed E-state index contributed by atoms with van der Waals surface area (Å²) in [6.07, 6.45) is -1.08. The number of pyridine rings is 1. The molecule has 0 saturated heterocycles. The van der Waals surface area contributed by atoms with E-state index in [0.29, 0.717) is 5.69 Å². The van der Waals surface area contributed by atoms with Gasteiger partial charge in [0, 0.05) is 12.1 Å². The molecule has 0 fully saturated rings. The van der Waals surface area contributed by atoms with Gasteiger partial charge in [-0.1, -0.05) is 24.3 Å². The summed E-state index contributed by atoms with van der Waals surface area (Å²) < 4.78 is 0. The lowest BCUT2D eigenvalue weighted by molar-refractivity contribution is -0.310. The second-order valence-electron chi connectivity index (χ2n) is 5.27. The number of hydrogen-bond donors (Lipinski definition) is 2. The van der Waals surface area contributed by atoms with Crippen LogP contribution in [0.5, 0.6) is 0 Å². The first-order chi connectivity index (χ1) is 10.6. The average Bonchev–Trinajstić information content (AvgIpc) is 2.50. The SMILES string of the molecule is C[C@@H](O)[C@H](Nc1c2ccccc2[nH+]c2ccccc12)C(=O)[O-]. The lowest BCUT2D eigenvalue weighted by Gasteiger charge is -2.24. The Bertz CT molecular complexity index is 792. The average molecular weight is 296 g/mol. The Morgan fingerprint density at radius 3 is 2.05 bits per heavy atom. The Kier molecular flexibility index (Phi) is 3.65. The number of anilines is 1. The third-order valence-corrected chi connectivity index (χ3v) is 3.70. The van der Waals surface area contributed by atoms with Crippen LogP contribution in [-0.4, -0.2) is 23.2 Å². The maximum Gasteiger partial charge on any atom is 0.213 e. The highest BCUT2D eigenvalue weighted by Crippen LogP contribution is 2.29. The third kappa shape index (κ3) is 2.46. The van der Waals surface area contributed by atoms with E-state index in [9.17, 15) is 15.0 Å². The Hall–Kier alpha value is -2.66. The molecule has 0 aliphatic heterocycles. The van der Waals surface area contributed by atoms with Crippen molar-refractivity contribution in [2.75, 3.05) is 5.32 Å². The first-order valence-corrected chi connectivity index (χ1v) is 7.06. The normalized spacial score (nSPS) is 13.9. The number of aliphatic hydroxyl groups is 1. The second kappa shape index (κ2) is 5.61. The molecule has 1 aromatic heterocycles. The number of benzene rings is 2. The molecule has 2 atom stereocenters. The van der Waals surface area contributed by atoms with Crippen LogP contribution in [0.3, 0.4) is 0 Å². The van der Waals surface area contributed by atoms with E-state index in [-0.39, 0.29) is 0 Å². The summed E-state index contributed by atoms with van der Waals surface area (Å²) in [5.74, 6) is -1.34. The number of fused-ring (bicyclic) bond motifs is 2. The van der Waals surface area contributed by atoms with Crippen LogP contribution >= 0.6 is 0 Å². The molecule has 3 rings (SSSR count). The first-order valence-electron chi connectivity index (χ1n) is 7.06. The monoisotopic (exact) mass is 296 g/mol. The Balaban J connectivity index is 2.26. The molecule has 0 saturated carbocycles. The highest BCUT2D eigenvalue weighted by atomic mass is 16.4. The number of carboxylic acids is 1. The summed E-state index contributed by atoms with van der Waals surface area (Å²) in [5.41, 5.74) is 2.43. The molecule has 5 heteroatoms. The molecule has 0 radical (unpaired) electrons. The highest BCUT2D eigenvalue weighted by Gasteiger charge is 2.20. The topological polar surface area (TPSA) is 86.5 Å². The number of nitrogens with one attached hydrogen (secondary N) is 2. The van der Waals surface area contributed by atoms with Crippen molar-refractivity contribution in [2.24, 2.45) is 0 Å². The number of aliphatic carboxylic acids is 1. The first kappa shape index (κ1) is 14.3. The zero-order valence-corrected chi connectivity index (χ0v) is 12.0. The molecule has 1 heterocycles. The Morgan fingerprint density at radius 2 is 1.59 bits per heavy atom. The van der Waals surface area contributed by atoms with Crippen LogP contribution in [0.15, 0.2) is 48.5 Å². The number of H-pyrrole nitrogens is 1. The van der Waals surface area contributed by atoms with E-state index in [1.807, 2.05) is 48.5 Å². The molecule has 0 aliphatic rings. The van der Waals surface area contributed by atoms with Crippen molar-refractivity contribution in [3.63, 3.8) is 0 Å². The molecule has 22 heavy (non-hydrogen) atoms. The predicted octanol–water partition coefficient (Wildman–Crippen LogP) is 0.718. The number of para-hydroxylation sites is 2. The van der Waals surface area contributed by atoms with Crippen molar-refractivity contribution in [3.05, 3.63) is 48.5 Å². The van der Waals surface area contributed by atoms with Crippen molar-refractivity contribution in [2.45, 2.75) is 19.1 Å². The van der Waals surface area contributed by atoms with Gasteiger partial charge in [-0.2, -0.15) is 0 Å². The summed E-state index contributed by atoms with van der Waals surface area (Å²) in [7, 11) is 0. The number of carbonyl (C=O) groups is 1. The van der Waals surface area contributed by atoms with Gasteiger partial charge in [-0.3, -0.25) is 0 Å². The number of carbonyl (C=O) groups excluding carboxylic acids is 1. The summed E-state index contributed by atoms with van der Waals surface area (Å²) >= 11 is 0. The number of aromatic amines is 1. The van der Waals surface area contributed by atoms with Gasteiger partial charge in [-0.25, -0.2) is 4.98 Å². The molecule has 2 aromatic carbocycles. The number of hydrogen-bond acceptors (Lipinski definition) is 4. The molecule has 0 unspecified atom stereocenters. The standard InChI is InChI=1S/C17H16N2O3/c1-10(20)15(17(21)22)19-16-11-6-2-4-8-13(11)18-14-9-5-3-7-12(14)16/h2-10,15,20H,1H3,(H,18,19)(H,21,22)/t10-,15+/m1/s1. The van der Waals surface area contributed by atoms with Crippen molar-refractivity contribution < 1.29 is 20.0 Å². The molecule has 0 bridgehead atoms. The van der Waals surface area contributed by atoms with Crippen molar-refractivity contribution in [3.8, 4) is 0 Å². The molecule has 0 spiro atoms. The number of aromatic nitrogens is 1. The lowest BCUT2D eigenvalue weighted by atomic mass is 10.1. The van der Waals surface area contributed by atoms with Gasteiger partial charge in [-0.15, -0.1) is 0 Å². The fourth-order valence-corrected chi connectivity index (χ4v) is 2.60. The van der Waals surface area contributed by atoms with Crippen LogP contribution in [0.2, 0.25) is 0 Å². The van der Waals surface area contributed by atoms with Gasteiger partial charge in [0.15, 0.2) is 0 Å². The Labute approximate surface area is 127 Å². The van der Waals surface area contributed by atoms with E-state index in [4.69, 9.17) is 0 Å². The third-order valence-electron chi connectivity index (χ3n) is 3.70. The maximum absolute atomic E-state index is 11.3. The minimum atomic E-state index is -1.34. The molecule has 3 N–H and O–H groups in total. The Morgan fingerprint density at radius 1 is 1.09 bits per heavy atom. The fraction of sp³-hybridized carbons (Fsp3) is 0.176. The summed E-state index contributed by atoms with van der Waals surface area (Å²) in [6.45, 7) is 1.42. The number of carboxylic acid groups (broad SMARTS) is 1. The summed E-state index contributed by atoms with van der Waals surface area (Å²) in [4.78, 5) is 14.6. The van der Waals surface area contributed by atoms with Gasteiger partial charge < -0.3 is 20.3 Å². The van der Waals surface area contributed by atoms with Crippen LogP contribution in [0.25, 0.3) is 21.8 Å². The van der Waals surface area contributed by atoms with Gasteiger partial charge in [0.2, 0.25) is 11.0 Å². The minimum Gasteiger partial charge on any atom is -0.548 e. The maximum atomic E-state index is 11.3. The zero-order chi connectivity index (χ0) is 15.7. The largest absolute Gasteiger partial charge is 0.548 e. The molecule has 112 valence electrons. The van der Waals surface area contributed by atoms with Crippen LogP contribution in [0.4, 0.5) is 5.69 Å². The molecule has 3 aromatic rings. The molecule has 0 aliphatic carbocycles. The summed E-state index contributed by atoms with van der Waals surface area (Å²) in [5, 5.41) is 25.6. The zero-order valence-electron chi connectivity index (χ0n) is 12.0. The van der Waals surface area contributed by atoms with Gasteiger partial charge in [0.1, 0.15) is 0 Å². The van der Waals surface area contributed by atoms with Crippen LogP contribution in [-0.2, 0) is 4.79 Å². The summed E-state index contributed by atoms with van der Waals surface area (Å²) in [6, 6.07) is 14.0. The van der Waals surface area contributed by atoms with Crippen molar-refractivity contribution in [1.82, 2.24) is 0 Å². The van der Waals surface area contributed by atoms with Gasteiger partial charge >= 0.3 is 0 Å². The van der Waals surface area contributed by atoms with Crippen molar-refractivity contribution in [1.29, 1.82) is 0 Å². The molecular weight excluding hydrogens is 280 g/mol. The van der Waals surface area contributed by atoms with E-state index in [0.717, 1.165) is 21.8 Å². The van der Waals surface area contributed by atoms with E-state index >= 15 is 0 Å². The van der Waals surface area contributed by atoms with Crippen LogP contribution in [0, 0.1) is 0 Å². The molecular formula is C17H16N2O3. The minimum absolute atomic E-state index is 0.667. The van der Waals surface area contributed by atoms with Crippen molar-refractivity contribution >= 4 is 33.5 Å². The van der Waals surface area contributed by atoms with Gasteiger partial charge in [0.05, 0.1) is 34.6 Å². The fourth-order valence-electron chi connectivity index (χ4n) is 2.60. The van der Waals surface area contributed by atoms with Gasteiger partial charge in [0.25, 0.3) is 0 Å². The van der Waals surface area contributed by atoms with E-state index in [1.54, 1.807) is 0 Å². The molecule has 5 nitrogen and oxygen atoms in total.